The number of carbonyl (C=O) groups is 2. The van der Waals surface area contributed by atoms with Crippen molar-refractivity contribution >= 4 is 11.9 Å². The molecule has 2 heterocycles. The first-order valence-corrected chi connectivity index (χ1v) is 15.4. The molecule has 5 atom stereocenters. The first kappa shape index (κ1) is 36.2. The molecule has 1 aromatic heterocycles. The minimum atomic E-state index is -1.62. The van der Waals surface area contributed by atoms with E-state index < -0.39 is 48.9 Å². The number of hydrogen-bond acceptors (Lipinski definition) is 12. The van der Waals surface area contributed by atoms with Gasteiger partial charge in [0.05, 0.1) is 13.2 Å². The molecule has 0 aliphatic carbocycles. The third-order valence-electron chi connectivity index (χ3n) is 7.93. The van der Waals surface area contributed by atoms with Gasteiger partial charge in [-0.3, -0.25) is 9.89 Å². The number of aliphatic hydroxyl groups excluding tert-OH is 3. The number of aliphatic hydroxyl groups is 3. The Morgan fingerprint density at radius 2 is 1.87 bits per heavy atom. The van der Waals surface area contributed by atoms with Gasteiger partial charge in [-0.25, -0.2) is 4.79 Å². The van der Waals surface area contributed by atoms with Gasteiger partial charge in [0.25, 0.3) is 0 Å². The number of aromatic nitrogens is 2. The van der Waals surface area contributed by atoms with Gasteiger partial charge in [-0.2, -0.15) is 0 Å². The molecule has 0 spiro atoms. The molecule has 1 aliphatic heterocycles. The molecule has 252 valence electrons. The Kier molecular flexibility index (Phi) is 13.2. The molecule has 0 saturated carbocycles. The van der Waals surface area contributed by atoms with Crippen molar-refractivity contribution < 1.29 is 48.6 Å². The fourth-order valence-corrected chi connectivity index (χ4v) is 4.74. The van der Waals surface area contributed by atoms with Gasteiger partial charge in [0, 0.05) is 29.6 Å². The highest BCUT2D eigenvalue weighted by molar-refractivity contribution is 5.81. The molecule has 0 amide bonds. The monoisotopic (exact) mass is 635 g/mol. The summed E-state index contributed by atoms with van der Waals surface area (Å²) >= 11 is 0. The third kappa shape index (κ3) is 9.88. The van der Waals surface area contributed by atoms with Gasteiger partial charge in [-0.15, -0.1) is 5.10 Å². The van der Waals surface area contributed by atoms with Crippen LogP contribution >= 0.6 is 0 Å². The number of rotatable bonds is 16. The van der Waals surface area contributed by atoms with Gasteiger partial charge in [-0.1, -0.05) is 33.8 Å². The zero-order valence-corrected chi connectivity index (χ0v) is 27.3. The molecule has 1 aromatic carbocycles. The van der Waals surface area contributed by atoms with Crippen molar-refractivity contribution in [1.82, 2.24) is 15.5 Å². The van der Waals surface area contributed by atoms with Crippen LogP contribution in [0.1, 0.15) is 76.3 Å². The van der Waals surface area contributed by atoms with Crippen molar-refractivity contribution in [3.05, 3.63) is 40.6 Å². The second-order valence-electron chi connectivity index (χ2n) is 12.3. The van der Waals surface area contributed by atoms with Gasteiger partial charge in [0.2, 0.25) is 12.2 Å². The number of ketones is 1. The summed E-state index contributed by atoms with van der Waals surface area (Å²) in [5.41, 5.74) is 3.19. The molecule has 3 rings (SSSR count). The Bertz CT molecular complexity index is 1260. The summed E-state index contributed by atoms with van der Waals surface area (Å²) in [6.07, 6.45) is -7.04. The van der Waals surface area contributed by atoms with Crippen molar-refractivity contribution in [3.63, 3.8) is 0 Å². The maximum atomic E-state index is 11.7. The van der Waals surface area contributed by atoms with E-state index in [-0.39, 0.29) is 24.2 Å². The zero-order chi connectivity index (χ0) is 33.3. The molecular weight excluding hydrogens is 586 g/mol. The Morgan fingerprint density at radius 1 is 1.13 bits per heavy atom. The molecule has 1 fully saturated rings. The Labute approximate surface area is 264 Å². The predicted octanol–water partition coefficient (Wildman–Crippen LogP) is 2.77. The SMILES string of the molecule is CCOC(=O)OCC1OC(Oc2n[nH]c(C(C)C)c2Cc2ccc(OCCCNCC(C)(C)C(C)=O)cc2C)C(O)C(O)C1O. The number of aromatic amines is 1. The van der Waals surface area contributed by atoms with Crippen LogP contribution in [0.5, 0.6) is 11.6 Å². The van der Waals surface area contributed by atoms with Crippen LogP contribution in [0.3, 0.4) is 0 Å². The van der Waals surface area contributed by atoms with Crippen LogP contribution in [0.4, 0.5) is 4.79 Å². The average molecular weight is 636 g/mol. The lowest BCUT2D eigenvalue weighted by Gasteiger charge is -2.39. The van der Waals surface area contributed by atoms with E-state index in [0.717, 1.165) is 41.1 Å². The number of nitrogens with zero attached hydrogens (tertiary/aromatic N) is 1. The van der Waals surface area contributed by atoms with Crippen LogP contribution in [-0.4, -0.2) is 101 Å². The highest BCUT2D eigenvalue weighted by Gasteiger charge is 2.46. The standard InChI is InChI=1S/C32H49N3O10/c1-8-41-31(40)43-16-24-26(37)27(38)28(39)30(44-24)45-29-23(25(18(2)3)34-35-29)15-21-10-11-22(14-19(21)4)42-13-9-12-33-17-32(6,7)20(5)36/h10-11,14,18,24,26-28,30,33,37-39H,8-9,12-13,15-17H2,1-7H3,(H,34,35). The van der Waals surface area contributed by atoms with Gasteiger partial charge in [0.15, 0.2) is 0 Å². The van der Waals surface area contributed by atoms with Crippen LogP contribution in [0.25, 0.3) is 0 Å². The highest BCUT2D eigenvalue weighted by Crippen LogP contribution is 2.32. The van der Waals surface area contributed by atoms with Gasteiger partial charge >= 0.3 is 6.16 Å². The molecule has 0 bridgehead atoms. The van der Waals surface area contributed by atoms with Crippen LogP contribution in [0.2, 0.25) is 0 Å². The van der Waals surface area contributed by atoms with Crippen LogP contribution < -0.4 is 14.8 Å². The van der Waals surface area contributed by atoms with Crippen molar-refractivity contribution in [3.8, 4) is 11.6 Å². The second-order valence-corrected chi connectivity index (χ2v) is 12.3. The summed E-state index contributed by atoms with van der Waals surface area (Å²) in [7, 11) is 0. The normalized spacial score (nSPS) is 21.9. The number of carbonyl (C=O) groups excluding carboxylic acids is 2. The molecule has 13 nitrogen and oxygen atoms in total. The van der Waals surface area contributed by atoms with E-state index in [1.807, 2.05) is 52.8 Å². The average Bonchev–Trinajstić information content (AvgIpc) is 3.38. The molecule has 13 heteroatoms. The van der Waals surface area contributed by atoms with Crippen molar-refractivity contribution in [1.29, 1.82) is 0 Å². The quantitative estimate of drug-likeness (QED) is 0.135. The third-order valence-corrected chi connectivity index (χ3v) is 7.93. The maximum absolute atomic E-state index is 11.7. The minimum Gasteiger partial charge on any atom is -0.494 e. The number of nitrogens with one attached hydrogen (secondary N) is 2. The topological polar surface area (TPSA) is 182 Å². The van der Waals surface area contributed by atoms with E-state index in [2.05, 4.69) is 15.5 Å². The smallest absolute Gasteiger partial charge is 0.494 e. The number of aryl methyl sites for hydroxylation is 1. The van der Waals surface area contributed by atoms with E-state index in [4.69, 9.17) is 23.7 Å². The number of ether oxygens (including phenoxy) is 5. The summed E-state index contributed by atoms with van der Waals surface area (Å²) in [6.45, 7) is 14.7. The zero-order valence-electron chi connectivity index (χ0n) is 27.3. The molecule has 5 unspecified atom stereocenters. The molecule has 1 aliphatic rings. The van der Waals surface area contributed by atoms with E-state index >= 15 is 0 Å². The Hall–Kier alpha value is -3.23. The Balaban J connectivity index is 1.65. The molecule has 5 N–H and O–H groups in total. The summed E-state index contributed by atoms with van der Waals surface area (Å²) in [5, 5.41) is 42.1. The van der Waals surface area contributed by atoms with Crippen LogP contribution in [0.15, 0.2) is 18.2 Å². The first-order valence-electron chi connectivity index (χ1n) is 15.4. The molecule has 1 saturated heterocycles. The summed E-state index contributed by atoms with van der Waals surface area (Å²) < 4.78 is 27.3. The van der Waals surface area contributed by atoms with E-state index in [9.17, 15) is 24.9 Å². The predicted molar refractivity (Wildman–Crippen MR) is 164 cm³/mol. The van der Waals surface area contributed by atoms with Crippen molar-refractivity contribution in [2.45, 2.75) is 97.9 Å². The summed E-state index contributed by atoms with van der Waals surface area (Å²) in [6, 6.07) is 5.86. The minimum absolute atomic E-state index is 0.0673. The lowest BCUT2D eigenvalue weighted by Crippen LogP contribution is -2.60. The fraction of sp³-hybridized carbons (Fsp3) is 0.656. The second kappa shape index (κ2) is 16.4. The van der Waals surface area contributed by atoms with E-state index in [0.29, 0.717) is 19.6 Å². The fourth-order valence-electron chi connectivity index (χ4n) is 4.74. The summed E-state index contributed by atoms with van der Waals surface area (Å²) in [4.78, 5) is 23.3. The van der Waals surface area contributed by atoms with E-state index in [1.54, 1.807) is 13.8 Å². The molecule has 0 radical (unpaired) electrons. The Morgan fingerprint density at radius 3 is 2.51 bits per heavy atom. The number of benzene rings is 1. The summed E-state index contributed by atoms with van der Waals surface area (Å²) in [5.74, 6) is 1.14. The van der Waals surface area contributed by atoms with Crippen LogP contribution in [-0.2, 0) is 25.4 Å². The number of H-pyrrole nitrogens is 1. The van der Waals surface area contributed by atoms with Gasteiger partial charge in [0.1, 0.15) is 42.6 Å². The highest BCUT2D eigenvalue weighted by atomic mass is 16.7. The maximum Gasteiger partial charge on any atom is 0.508 e. The molecule has 45 heavy (non-hydrogen) atoms. The lowest BCUT2D eigenvalue weighted by atomic mass is 9.89. The van der Waals surface area contributed by atoms with Crippen LogP contribution in [0, 0.1) is 12.3 Å². The van der Waals surface area contributed by atoms with Crippen molar-refractivity contribution in [2.24, 2.45) is 5.41 Å². The van der Waals surface area contributed by atoms with E-state index in [1.165, 1.54) is 0 Å². The largest absolute Gasteiger partial charge is 0.508 e. The van der Waals surface area contributed by atoms with Gasteiger partial charge in [-0.05, 0) is 62.9 Å². The number of hydrogen-bond donors (Lipinski definition) is 5. The first-order chi connectivity index (χ1) is 21.2. The van der Waals surface area contributed by atoms with Crippen molar-refractivity contribution in [2.75, 3.05) is 32.9 Å². The lowest BCUT2D eigenvalue weighted by molar-refractivity contribution is -0.278. The van der Waals surface area contributed by atoms with Gasteiger partial charge < -0.3 is 44.3 Å². The molecular formula is C32H49N3O10. The number of Topliss-reactive ketones (excluding diaryl/α,β-unsaturated/α-hetero) is 1. The molecule has 2 aromatic rings.